The zero-order chi connectivity index (χ0) is 13.5. The van der Waals surface area contributed by atoms with Crippen molar-refractivity contribution in [2.75, 3.05) is 17.6 Å². The highest BCUT2D eigenvalue weighted by Gasteiger charge is 2.08. The lowest BCUT2D eigenvalue weighted by Gasteiger charge is -2.10. The van der Waals surface area contributed by atoms with Crippen LogP contribution in [0.4, 0.5) is 14.5 Å². The smallest absolute Gasteiger partial charge is 0.234 e. The van der Waals surface area contributed by atoms with Gasteiger partial charge in [-0.25, -0.2) is 8.78 Å². The third-order valence-corrected chi connectivity index (χ3v) is 3.51. The highest BCUT2D eigenvalue weighted by molar-refractivity contribution is 8.00. The van der Waals surface area contributed by atoms with Gasteiger partial charge in [0.05, 0.1) is 5.75 Å². The SMILES string of the molecule is CC(CCN)SCC(=O)Nc1ccc(F)c(F)c1. The van der Waals surface area contributed by atoms with Crippen molar-refractivity contribution < 1.29 is 13.6 Å². The van der Waals surface area contributed by atoms with E-state index in [1.165, 1.54) is 17.8 Å². The summed E-state index contributed by atoms with van der Waals surface area (Å²) in [5.74, 6) is -1.88. The van der Waals surface area contributed by atoms with E-state index < -0.39 is 11.6 Å². The number of carbonyl (C=O) groups excluding carboxylic acids is 1. The number of thioether (sulfide) groups is 1. The van der Waals surface area contributed by atoms with E-state index >= 15 is 0 Å². The summed E-state index contributed by atoms with van der Waals surface area (Å²) in [6.07, 6.45) is 0.836. The maximum absolute atomic E-state index is 12.9. The number of anilines is 1. The van der Waals surface area contributed by atoms with Crippen LogP contribution in [0, 0.1) is 11.6 Å². The Morgan fingerprint density at radius 3 is 2.78 bits per heavy atom. The first-order valence-corrected chi connectivity index (χ1v) is 6.64. The molecule has 0 radical (unpaired) electrons. The fourth-order valence-corrected chi connectivity index (χ4v) is 2.12. The molecule has 1 atom stereocenters. The van der Waals surface area contributed by atoms with Crippen LogP contribution >= 0.6 is 11.8 Å². The van der Waals surface area contributed by atoms with Gasteiger partial charge in [-0.3, -0.25) is 4.79 Å². The van der Waals surface area contributed by atoms with E-state index in [-0.39, 0.29) is 17.3 Å². The molecule has 100 valence electrons. The molecule has 3 nitrogen and oxygen atoms in total. The molecule has 18 heavy (non-hydrogen) atoms. The number of carbonyl (C=O) groups is 1. The van der Waals surface area contributed by atoms with Crippen LogP contribution in [-0.4, -0.2) is 23.5 Å². The Kier molecular flexibility index (Phi) is 6.07. The second-order valence-electron chi connectivity index (χ2n) is 3.88. The second kappa shape index (κ2) is 7.33. The molecule has 0 fully saturated rings. The highest BCUT2D eigenvalue weighted by atomic mass is 32.2. The molecule has 6 heteroatoms. The minimum Gasteiger partial charge on any atom is -0.330 e. The summed E-state index contributed by atoms with van der Waals surface area (Å²) in [6.45, 7) is 2.57. The summed E-state index contributed by atoms with van der Waals surface area (Å²) in [6, 6.07) is 3.26. The molecule has 1 aromatic rings. The monoisotopic (exact) mass is 274 g/mol. The van der Waals surface area contributed by atoms with E-state index in [1.807, 2.05) is 6.92 Å². The largest absolute Gasteiger partial charge is 0.330 e. The molecule has 1 rings (SSSR count). The molecule has 1 unspecified atom stereocenters. The average molecular weight is 274 g/mol. The third-order valence-electron chi connectivity index (χ3n) is 2.28. The number of halogens is 2. The van der Waals surface area contributed by atoms with E-state index in [4.69, 9.17) is 5.73 Å². The Bertz CT molecular complexity index is 415. The van der Waals surface area contributed by atoms with Crippen molar-refractivity contribution >= 4 is 23.4 Å². The summed E-state index contributed by atoms with van der Waals surface area (Å²) in [4.78, 5) is 11.5. The Morgan fingerprint density at radius 2 is 2.17 bits per heavy atom. The number of amides is 1. The summed E-state index contributed by atoms with van der Waals surface area (Å²) in [7, 11) is 0. The maximum Gasteiger partial charge on any atom is 0.234 e. The van der Waals surface area contributed by atoms with Gasteiger partial charge < -0.3 is 11.1 Å². The zero-order valence-corrected chi connectivity index (χ0v) is 10.9. The van der Waals surface area contributed by atoms with Crippen LogP contribution in [0.25, 0.3) is 0 Å². The number of benzene rings is 1. The van der Waals surface area contributed by atoms with Crippen LogP contribution in [-0.2, 0) is 4.79 Å². The molecule has 0 aliphatic heterocycles. The predicted molar refractivity (Wildman–Crippen MR) is 70.6 cm³/mol. The number of nitrogens with two attached hydrogens (primary N) is 1. The Labute approximate surface area is 109 Å². The van der Waals surface area contributed by atoms with Crippen LogP contribution in [0.15, 0.2) is 18.2 Å². The van der Waals surface area contributed by atoms with Gasteiger partial charge in [0.25, 0.3) is 0 Å². The van der Waals surface area contributed by atoms with Gasteiger partial charge >= 0.3 is 0 Å². The van der Waals surface area contributed by atoms with Gasteiger partial charge in [-0.15, -0.1) is 11.8 Å². The molecule has 3 N–H and O–H groups in total. The van der Waals surface area contributed by atoms with Crippen molar-refractivity contribution in [3.8, 4) is 0 Å². The van der Waals surface area contributed by atoms with Crippen molar-refractivity contribution in [2.45, 2.75) is 18.6 Å². The van der Waals surface area contributed by atoms with Gasteiger partial charge in [-0.1, -0.05) is 6.92 Å². The lowest BCUT2D eigenvalue weighted by Crippen LogP contribution is -2.17. The molecule has 0 bridgehead atoms. The minimum absolute atomic E-state index is 0.241. The van der Waals surface area contributed by atoms with E-state index in [1.54, 1.807) is 0 Å². The van der Waals surface area contributed by atoms with E-state index in [2.05, 4.69) is 5.32 Å². The van der Waals surface area contributed by atoms with Gasteiger partial charge in [0.1, 0.15) is 0 Å². The fraction of sp³-hybridized carbons (Fsp3) is 0.417. The molecule has 0 spiro atoms. The molecule has 0 saturated heterocycles. The van der Waals surface area contributed by atoms with Gasteiger partial charge in [-0.2, -0.15) is 0 Å². The molecule has 1 aromatic carbocycles. The van der Waals surface area contributed by atoms with Gasteiger partial charge in [-0.05, 0) is 25.1 Å². The zero-order valence-electron chi connectivity index (χ0n) is 10.1. The number of nitrogens with one attached hydrogen (secondary N) is 1. The Morgan fingerprint density at radius 1 is 1.44 bits per heavy atom. The van der Waals surface area contributed by atoms with Gasteiger partial charge in [0.15, 0.2) is 11.6 Å². The van der Waals surface area contributed by atoms with Crippen LogP contribution < -0.4 is 11.1 Å². The summed E-state index contributed by atoms with van der Waals surface area (Å²) in [5, 5.41) is 2.81. The summed E-state index contributed by atoms with van der Waals surface area (Å²) in [5.41, 5.74) is 5.65. The summed E-state index contributed by atoms with van der Waals surface area (Å²) < 4.78 is 25.6. The number of hydrogen-bond acceptors (Lipinski definition) is 3. The fourth-order valence-electron chi connectivity index (χ4n) is 1.31. The number of rotatable bonds is 6. The van der Waals surface area contributed by atoms with Crippen molar-refractivity contribution in [2.24, 2.45) is 5.73 Å². The van der Waals surface area contributed by atoms with Crippen LogP contribution in [0.3, 0.4) is 0 Å². The van der Waals surface area contributed by atoms with Gasteiger partial charge in [0, 0.05) is 17.0 Å². The first kappa shape index (κ1) is 14.9. The lowest BCUT2D eigenvalue weighted by molar-refractivity contribution is -0.113. The van der Waals surface area contributed by atoms with Crippen LogP contribution in [0.1, 0.15) is 13.3 Å². The Balaban J connectivity index is 2.42. The van der Waals surface area contributed by atoms with Crippen LogP contribution in [0.2, 0.25) is 0 Å². The maximum atomic E-state index is 12.9. The molecule has 0 aromatic heterocycles. The molecule has 0 saturated carbocycles. The standard InChI is InChI=1S/C12H16F2N2OS/c1-8(4-5-15)18-7-12(17)16-9-2-3-10(13)11(14)6-9/h2-3,6,8H,4-5,7,15H2,1H3,(H,16,17). The normalized spacial score (nSPS) is 12.2. The van der Waals surface area contributed by atoms with Crippen LogP contribution in [0.5, 0.6) is 0 Å². The van der Waals surface area contributed by atoms with E-state index in [9.17, 15) is 13.6 Å². The van der Waals surface area contributed by atoms with E-state index in [0.29, 0.717) is 11.8 Å². The second-order valence-corrected chi connectivity index (χ2v) is 5.30. The first-order chi connectivity index (χ1) is 8.52. The Hall–Kier alpha value is -1.14. The average Bonchev–Trinajstić information content (AvgIpc) is 2.32. The minimum atomic E-state index is -0.975. The third kappa shape index (κ3) is 5.01. The lowest BCUT2D eigenvalue weighted by atomic mass is 10.3. The van der Waals surface area contributed by atoms with E-state index in [0.717, 1.165) is 18.6 Å². The van der Waals surface area contributed by atoms with Gasteiger partial charge in [0.2, 0.25) is 5.91 Å². The summed E-state index contributed by atoms with van der Waals surface area (Å²) >= 11 is 1.48. The predicted octanol–water partition coefficient (Wildman–Crippen LogP) is 2.37. The number of hydrogen-bond donors (Lipinski definition) is 2. The molecular weight excluding hydrogens is 258 g/mol. The van der Waals surface area contributed by atoms with Crippen molar-refractivity contribution in [3.63, 3.8) is 0 Å². The highest BCUT2D eigenvalue weighted by Crippen LogP contribution is 2.16. The molecular formula is C12H16F2N2OS. The van der Waals surface area contributed by atoms with Crippen molar-refractivity contribution in [1.29, 1.82) is 0 Å². The van der Waals surface area contributed by atoms with Crippen molar-refractivity contribution in [3.05, 3.63) is 29.8 Å². The molecule has 1 amide bonds. The quantitative estimate of drug-likeness (QED) is 0.837. The van der Waals surface area contributed by atoms with Crippen molar-refractivity contribution in [1.82, 2.24) is 0 Å². The topological polar surface area (TPSA) is 55.1 Å². The molecule has 0 heterocycles. The first-order valence-electron chi connectivity index (χ1n) is 5.59. The molecule has 0 aliphatic carbocycles. The molecule has 0 aliphatic rings.